The van der Waals surface area contributed by atoms with Crippen molar-refractivity contribution in [1.82, 2.24) is 0 Å². The van der Waals surface area contributed by atoms with Gasteiger partial charge in [-0.2, -0.15) is 0 Å². The van der Waals surface area contributed by atoms with Crippen LogP contribution in [0.5, 0.6) is 0 Å². The molecule has 1 fully saturated rings. The Morgan fingerprint density at radius 2 is 2.00 bits per heavy atom. The topological polar surface area (TPSA) is 29.5 Å². The fraction of sp³-hybridized carbons (Fsp3) is 0.529. The second-order valence-corrected chi connectivity index (χ2v) is 8.34. The Hall–Kier alpha value is -0.580. The predicted octanol–water partition coefficient (Wildman–Crippen LogP) is 4.44. The third kappa shape index (κ3) is 5.61. The highest BCUT2D eigenvalue weighted by molar-refractivity contribution is 8.19. The van der Waals surface area contributed by atoms with Gasteiger partial charge in [0.1, 0.15) is 6.61 Å². The summed E-state index contributed by atoms with van der Waals surface area (Å²) in [5.74, 6) is 2.32. The summed E-state index contributed by atoms with van der Waals surface area (Å²) in [5, 5.41) is 10.0. The van der Waals surface area contributed by atoms with Gasteiger partial charge in [-0.15, -0.1) is 23.5 Å². The highest BCUT2D eigenvalue weighted by atomic mass is 32.2. The number of ether oxygens (including phenoxy) is 1. The van der Waals surface area contributed by atoms with Gasteiger partial charge >= 0.3 is 0 Å². The Kier molecular flexibility index (Phi) is 7.00. The van der Waals surface area contributed by atoms with Gasteiger partial charge in [-0.3, -0.25) is 0 Å². The van der Waals surface area contributed by atoms with E-state index >= 15 is 0 Å². The molecule has 2 nitrogen and oxygen atoms in total. The van der Waals surface area contributed by atoms with E-state index in [1.807, 2.05) is 54.9 Å². The summed E-state index contributed by atoms with van der Waals surface area (Å²) in [4.78, 5) is 0. The molecule has 0 spiro atoms. The van der Waals surface area contributed by atoms with Gasteiger partial charge in [-0.1, -0.05) is 37.3 Å². The SMILES string of the molecule is CCC(O)CC1(/C=C\OCc2ccccc2)SCCCS1. The molecule has 116 valence electrons. The molecule has 1 aromatic carbocycles. The number of aliphatic hydroxyl groups excluding tert-OH is 1. The first-order chi connectivity index (χ1) is 10.2. The van der Waals surface area contributed by atoms with Crippen molar-refractivity contribution in [2.45, 2.75) is 43.0 Å². The van der Waals surface area contributed by atoms with Crippen LogP contribution in [-0.2, 0) is 11.3 Å². The molecule has 0 aromatic heterocycles. The average Bonchev–Trinajstić information content (AvgIpc) is 2.53. The van der Waals surface area contributed by atoms with Gasteiger partial charge in [0.25, 0.3) is 0 Å². The normalized spacial score (nSPS) is 19.5. The second-order valence-electron chi connectivity index (χ2n) is 5.23. The van der Waals surface area contributed by atoms with Crippen molar-refractivity contribution < 1.29 is 9.84 Å². The molecule has 4 heteroatoms. The zero-order chi connectivity index (χ0) is 15.0. The zero-order valence-electron chi connectivity index (χ0n) is 12.5. The van der Waals surface area contributed by atoms with Gasteiger partial charge in [-0.05, 0) is 36.0 Å². The molecular weight excluding hydrogens is 300 g/mol. The fourth-order valence-electron chi connectivity index (χ4n) is 2.22. The molecule has 0 bridgehead atoms. The summed E-state index contributed by atoms with van der Waals surface area (Å²) in [6.07, 6.45) is 6.58. The monoisotopic (exact) mass is 324 g/mol. The molecule has 0 radical (unpaired) electrons. The van der Waals surface area contributed by atoms with Crippen LogP contribution in [0, 0.1) is 0 Å². The minimum absolute atomic E-state index is 0.0234. The van der Waals surface area contributed by atoms with Crippen LogP contribution in [-0.4, -0.2) is 26.8 Å². The molecule has 21 heavy (non-hydrogen) atoms. The standard InChI is InChI=1S/C17H24O2S2/c1-2-16(18)13-17(20-11-6-12-21-17)9-10-19-14-15-7-4-3-5-8-15/h3-5,7-10,16,18H,2,6,11-14H2,1H3/b10-9-. The Bertz CT molecular complexity index is 428. The molecule has 1 aromatic rings. The molecule has 1 saturated heterocycles. The number of hydrogen-bond acceptors (Lipinski definition) is 4. The summed E-state index contributed by atoms with van der Waals surface area (Å²) in [6.45, 7) is 2.63. The molecule has 1 atom stereocenters. The van der Waals surface area contributed by atoms with Crippen molar-refractivity contribution in [3.8, 4) is 0 Å². The summed E-state index contributed by atoms with van der Waals surface area (Å²) in [5.41, 5.74) is 1.17. The minimum atomic E-state index is -0.234. The van der Waals surface area contributed by atoms with Gasteiger partial charge < -0.3 is 9.84 Å². The van der Waals surface area contributed by atoms with E-state index in [2.05, 4.69) is 18.2 Å². The number of aliphatic hydroxyl groups is 1. The van der Waals surface area contributed by atoms with Crippen molar-refractivity contribution in [2.75, 3.05) is 11.5 Å². The summed E-state index contributed by atoms with van der Waals surface area (Å²) in [7, 11) is 0. The first kappa shape index (κ1) is 16.8. The van der Waals surface area contributed by atoms with Gasteiger partial charge in [0.05, 0.1) is 16.4 Å². The van der Waals surface area contributed by atoms with E-state index < -0.39 is 0 Å². The van der Waals surface area contributed by atoms with Gasteiger partial charge in [0.15, 0.2) is 0 Å². The third-order valence-electron chi connectivity index (χ3n) is 3.48. The highest BCUT2D eigenvalue weighted by Crippen LogP contribution is 2.46. The quantitative estimate of drug-likeness (QED) is 0.751. The Morgan fingerprint density at radius 3 is 2.67 bits per heavy atom. The molecule has 1 unspecified atom stereocenters. The van der Waals surface area contributed by atoms with Crippen molar-refractivity contribution in [2.24, 2.45) is 0 Å². The van der Waals surface area contributed by atoms with Crippen LogP contribution in [0.15, 0.2) is 42.7 Å². The number of rotatable bonds is 7. The van der Waals surface area contributed by atoms with Crippen LogP contribution >= 0.6 is 23.5 Å². The lowest BCUT2D eigenvalue weighted by atomic mass is 10.1. The van der Waals surface area contributed by atoms with E-state index in [9.17, 15) is 5.11 Å². The molecule has 0 saturated carbocycles. The highest BCUT2D eigenvalue weighted by Gasteiger charge is 2.33. The van der Waals surface area contributed by atoms with Crippen LogP contribution in [0.4, 0.5) is 0 Å². The third-order valence-corrected chi connectivity index (χ3v) is 6.76. The van der Waals surface area contributed by atoms with E-state index in [1.165, 1.54) is 12.0 Å². The number of benzene rings is 1. The smallest absolute Gasteiger partial charge is 0.112 e. The Balaban J connectivity index is 1.90. The van der Waals surface area contributed by atoms with Crippen molar-refractivity contribution >= 4 is 23.5 Å². The molecule has 0 amide bonds. The molecule has 1 heterocycles. The number of hydrogen-bond donors (Lipinski definition) is 1. The van der Waals surface area contributed by atoms with E-state index in [0.29, 0.717) is 6.61 Å². The van der Waals surface area contributed by atoms with E-state index in [4.69, 9.17) is 4.74 Å². The molecule has 1 aliphatic heterocycles. The predicted molar refractivity (Wildman–Crippen MR) is 93.5 cm³/mol. The molecule has 2 rings (SSSR count). The Morgan fingerprint density at radius 1 is 1.29 bits per heavy atom. The van der Waals surface area contributed by atoms with E-state index in [1.54, 1.807) is 0 Å². The van der Waals surface area contributed by atoms with Crippen molar-refractivity contribution in [1.29, 1.82) is 0 Å². The zero-order valence-corrected chi connectivity index (χ0v) is 14.2. The lowest BCUT2D eigenvalue weighted by Crippen LogP contribution is -2.28. The summed E-state index contributed by atoms with van der Waals surface area (Å²) in [6, 6.07) is 10.2. The fourth-order valence-corrected chi connectivity index (χ4v) is 5.42. The van der Waals surface area contributed by atoms with Gasteiger partial charge in [0, 0.05) is 6.42 Å². The maximum absolute atomic E-state index is 10.0. The van der Waals surface area contributed by atoms with Gasteiger partial charge in [-0.25, -0.2) is 0 Å². The lowest BCUT2D eigenvalue weighted by Gasteiger charge is -2.34. The second kappa shape index (κ2) is 8.76. The minimum Gasteiger partial charge on any atom is -0.497 e. The van der Waals surface area contributed by atoms with Gasteiger partial charge in [0.2, 0.25) is 0 Å². The average molecular weight is 325 g/mol. The van der Waals surface area contributed by atoms with Crippen LogP contribution in [0.25, 0.3) is 0 Å². The van der Waals surface area contributed by atoms with Crippen LogP contribution < -0.4 is 0 Å². The van der Waals surface area contributed by atoms with Crippen LogP contribution in [0.3, 0.4) is 0 Å². The molecule has 1 N–H and O–H groups in total. The maximum Gasteiger partial charge on any atom is 0.112 e. The van der Waals surface area contributed by atoms with Crippen molar-refractivity contribution in [3.63, 3.8) is 0 Å². The molecule has 0 aliphatic carbocycles. The van der Waals surface area contributed by atoms with Crippen LogP contribution in [0.1, 0.15) is 31.7 Å². The van der Waals surface area contributed by atoms with Crippen LogP contribution in [0.2, 0.25) is 0 Å². The summed E-state index contributed by atoms with van der Waals surface area (Å²) >= 11 is 3.87. The largest absolute Gasteiger partial charge is 0.497 e. The Labute approximate surface area is 136 Å². The van der Waals surface area contributed by atoms with Crippen molar-refractivity contribution in [3.05, 3.63) is 48.2 Å². The summed E-state index contributed by atoms with van der Waals surface area (Å²) < 4.78 is 5.65. The molecular formula is C17H24O2S2. The first-order valence-electron chi connectivity index (χ1n) is 7.53. The number of thioether (sulfide) groups is 2. The molecule has 1 aliphatic rings. The van der Waals surface area contributed by atoms with E-state index in [-0.39, 0.29) is 10.2 Å². The lowest BCUT2D eigenvalue weighted by molar-refractivity contribution is 0.159. The first-order valence-corrected chi connectivity index (χ1v) is 9.50. The maximum atomic E-state index is 10.0. The van der Waals surface area contributed by atoms with E-state index in [0.717, 1.165) is 24.3 Å².